The molecule has 0 amide bonds. The number of rotatable bonds is 0. The molecule has 1 rings (SSSR count). The Morgan fingerprint density at radius 2 is 1.56 bits per heavy atom. The van der Waals surface area contributed by atoms with Crippen molar-refractivity contribution in [2.75, 3.05) is 0 Å². The molecule has 1 aliphatic rings. The summed E-state index contributed by atoms with van der Waals surface area (Å²) in [6.45, 7) is 1.94. The molecule has 0 spiro atoms. The van der Waals surface area contributed by atoms with Crippen LogP contribution in [0.5, 0.6) is 0 Å². The van der Waals surface area contributed by atoms with E-state index in [2.05, 4.69) is 0 Å². The third-order valence-corrected chi connectivity index (χ3v) is 1.93. The van der Waals surface area contributed by atoms with E-state index in [1.165, 1.54) is 19.3 Å². The van der Waals surface area contributed by atoms with E-state index in [0.29, 0.717) is 0 Å². The minimum absolute atomic E-state index is 0. The minimum atomic E-state index is -0.321. The highest BCUT2D eigenvalue weighted by molar-refractivity contribution is 5.85. The van der Waals surface area contributed by atoms with E-state index in [1.807, 2.05) is 6.92 Å². The van der Waals surface area contributed by atoms with Crippen molar-refractivity contribution in [2.45, 2.75) is 44.6 Å². The molecule has 1 N–H and O–H groups in total. The molecular weight excluding hydrogens is 136 g/mol. The first kappa shape index (κ1) is 9.25. The molecule has 2 heteroatoms. The average Bonchev–Trinajstić information content (AvgIpc) is 1.65. The summed E-state index contributed by atoms with van der Waals surface area (Å²) in [5.74, 6) is 0. The number of hydrogen-bond acceptors (Lipinski definition) is 1. The van der Waals surface area contributed by atoms with Crippen LogP contribution in [0.3, 0.4) is 0 Å². The molecule has 0 atom stereocenters. The Balaban J connectivity index is 0.000000640. The number of hydrogen-bond donors (Lipinski definition) is 1. The normalized spacial score (nSPS) is 24.7. The number of halogens is 1. The summed E-state index contributed by atoms with van der Waals surface area (Å²) >= 11 is 0. The molecule has 1 fully saturated rings. The van der Waals surface area contributed by atoms with Gasteiger partial charge in [0.25, 0.3) is 0 Å². The zero-order valence-electron chi connectivity index (χ0n) is 5.89. The largest absolute Gasteiger partial charge is 0.390 e. The first-order valence-electron chi connectivity index (χ1n) is 3.43. The van der Waals surface area contributed by atoms with E-state index < -0.39 is 0 Å². The summed E-state index contributed by atoms with van der Waals surface area (Å²) < 4.78 is 0. The smallest absolute Gasteiger partial charge is 0.0619 e. The standard InChI is InChI=1S/C7H14O.ClH/c1-7(8)5-3-2-4-6-7;/h8H,2-6H2,1H3;1H. The Morgan fingerprint density at radius 3 is 1.78 bits per heavy atom. The van der Waals surface area contributed by atoms with Crippen LogP contribution in [0, 0.1) is 0 Å². The van der Waals surface area contributed by atoms with Crippen LogP contribution in [0.1, 0.15) is 39.0 Å². The summed E-state index contributed by atoms with van der Waals surface area (Å²) in [5.41, 5.74) is -0.321. The second-order valence-corrected chi connectivity index (χ2v) is 3.06. The minimum Gasteiger partial charge on any atom is -0.390 e. The predicted molar refractivity (Wildman–Crippen MR) is 41.0 cm³/mol. The summed E-state index contributed by atoms with van der Waals surface area (Å²) in [4.78, 5) is 0. The monoisotopic (exact) mass is 150 g/mol. The molecule has 0 aromatic rings. The Kier molecular flexibility index (Phi) is 3.52. The van der Waals surface area contributed by atoms with Gasteiger partial charge in [-0.05, 0) is 19.8 Å². The van der Waals surface area contributed by atoms with E-state index in [0.717, 1.165) is 12.8 Å². The topological polar surface area (TPSA) is 20.2 Å². The average molecular weight is 151 g/mol. The van der Waals surface area contributed by atoms with Gasteiger partial charge in [-0.25, -0.2) is 0 Å². The van der Waals surface area contributed by atoms with Crippen LogP contribution in [0.4, 0.5) is 0 Å². The lowest BCUT2D eigenvalue weighted by atomic mass is 9.87. The second kappa shape index (κ2) is 3.43. The number of aliphatic hydroxyl groups is 1. The lowest BCUT2D eigenvalue weighted by Gasteiger charge is -2.27. The molecule has 0 bridgehead atoms. The maximum atomic E-state index is 9.37. The fourth-order valence-electron chi connectivity index (χ4n) is 1.31. The molecule has 1 saturated carbocycles. The molecule has 0 aromatic heterocycles. The summed E-state index contributed by atoms with van der Waals surface area (Å²) in [7, 11) is 0. The zero-order chi connectivity index (χ0) is 6.04. The van der Waals surface area contributed by atoms with Crippen molar-refractivity contribution in [1.82, 2.24) is 0 Å². The Morgan fingerprint density at radius 1 is 1.11 bits per heavy atom. The molecule has 1 nitrogen and oxygen atoms in total. The lowest BCUT2D eigenvalue weighted by molar-refractivity contribution is 0.0225. The Labute approximate surface area is 62.9 Å². The molecule has 0 radical (unpaired) electrons. The molecule has 0 aromatic carbocycles. The van der Waals surface area contributed by atoms with Crippen molar-refractivity contribution in [3.63, 3.8) is 0 Å². The summed E-state index contributed by atoms with van der Waals surface area (Å²) in [5, 5.41) is 9.37. The van der Waals surface area contributed by atoms with Gasteiger partial charge in [0.1, 0.15) is 0 Å². The molecule has 56 valence electrons. The van der Waals surface area contributed by atoms with Gasteiger partial charge in [0, 0.05) is 0 Å². The zero-order valence-corrected chi connectivity index (χ0v) is 6.71. The molecule has 0 saturated heterocycles. The third kappa shape index (κ3) is 3.07. The Hall–Kier alpha value is 0.250. The van der Waals surface area contributed by atoms with Crippen LogP contribution >= 0.6 is 12.4 Å². The van der Waals surface area contributed by atoms with Gasteiger partial charge < -0.3 is 5.11 Å². The van der Waals surface area contributed by atoms with Gasteiger partial charge in [0.2, 0.25) is 0 Å². The third-order valence-electron chi connectivity index (χ3n) is 1.93. The molecule has 0 aliphatic heterocycles. The van der Waals surface area contributed by atoms with Crippen molar-refractivity contribution in [3.8, 4) is 0 Å². The van der Waals surface area contributed by atoms with Gasteiger partial charge in [0.15, 0.2) is 0 Å². The van der Waals surface area contributed by atoms with E-state index in [-0.39, 0.29) is 18.0 Å². The molecule has 0 unspecified atom stereocenters. The van der Waals surface area contributed by atoms with Crippen molar-refractivity contribution < 1.29 is 5.11 Å². The van der Waals surface area contributed by atoms with Gasteiger partial charge >= 0.3 is 0 Å². The molecule has 1 aliphatic carbocycles. The lowest BCUT2D eigenvalue weighted by Crippen LogP contribution is -2.26. The maximum Gasteiger partial charge on any atom is 0.0619 e. The summed E-state index contributed by atoms with van der Waals surface area (Å²) in [6, 6.07) is 0. The fraction of sp³-hybridized carbons (Fsp3) is 1.00. The van der Waals surface area contributed by atoms with Gasteiger partial charge in [-0.15, -0.1) is 12.4 Å². The van der Waals surface area contributed by atoms with Crippen LogP contribution in [0.25, 0.3) is 0 Å². The van der Waals surface area contributed by atoms with Crippen molar-refractivity contribution in [2.24, 2.45) is 0 Å². The van der Waals surface area contributed by atoms with Crippen molar-refractivity contribution >= 4 is 12.4 Å². The molecule has 0 heterocycles. The highest BCUT2D eigenvalue weighted by atomic mass is 35.5. The highest BCUT2D eigenvalue weighted by Crippen LogP contribution is 2.26. The van der Waals surface area contributed by atoms with Crippen LogP contribution in [0.2, 0.25) is 0 Å². The van der Waals surface area contributed by atoms with Gasteiger partial charge in [0.05, 0.1) is 5.60 Å². The van der Waals surface area contributed by atoms with Crippen molar-refractivity contribution in [1.29, 1.82) is 0 Å². The maximum absolute atomic E-state index is 9.37. The second-order valence-electron chi connectivity index (χ2n) is 3.06. The van der Waals surface area contributed by atoms with Crippen LogP contribution in [-0.4, -0.2) is 10.7 Å². The predicted octanol–water partition coefficient (Wildman–Crippen LogP) is 2.12. The van der Waals surface area contributed by atoms with Gasteiger partial charge in [-0.2, -0.15) is 0 Å². The van der Waals surface area contributed by atoms with E-state index in [4.69, 9.17) is 0 Å². The van der Waals surface area contributed by atoms with E-state index in [1.54, 1.807) is 0 Å². The SMILES string of the molecule is CC1(O)CCCCC1.Cl. The van der Waals surface area contributed by atoms with E-state index in [9.17, 15) is 5.11 Å². The van der Waals surface area contributed by atoms with Gasteiger partial charge in [-0.3, -0.25) is 0 Å². The Bertz CT molecular complexity index is 73.0. The molecular formula is C7H15ClO. The molecule has 9 heavy (non-hydrogen) atoms. The first-order chi connectivity index (χ1) is 3.71. The van der Waals surface area contributed by atoms with Gasteiger partial charge in [-0.1, -0.05) is 19.3 Å². The first-order valence-corrected chi connectivity index (χ1v) is 3.43. The van der Waals surface area contributed by atoms with Crippen LogP contribution in [-0.2, 0) is 0 Å². The highest BCUT2D eigenvalue weighted by Gasteiger charge is 2.22. The van der Waals surface area contributed by atoms with E-state index >= 15 is 0 Å². The van der Waals surface area contributed by atoms with Crippen LogP contribution in [0.15, 0.2) is 0 Å². The quantitative estimate of drug-likeness (QED) is 0.561. The fourth-order valence-corrected chi connectivity index (χ4v) is 1.31. The van der Waals surface area contributed by atoms with Crippen molar-refractivity contribution in [3.05, 3.63) is 0 Å². The summed E-state index contributed by atoms with van der Waals surface area (Å²) in [6.07, 6.45) is 5.76. The van der Waals surface area contributed by atoms with Crippen LogP contribution < -0.4 is 0 Å².